The largest absolute Gasteiger partial charge is 0.516 e. The van der Waals surface area contributed by atoms with Crippen LogP contribution in [0.5, 0.6) is 0 Å². The van der Waals surface area contributed by atoms with Crippen LogP contribution in [-0.4, -0.2) is 5.11 Å². The quantitative estimate of drug-likeness (QED) is 0.671. The van der Waals surface area contributed by atoms with Gasteiger partial charge in [0, 0.05) is 0 Å². The van der Waals surface area contributed by atoms with Crippen LogP contribution in [0.1, 0.15) is 11.1 Å². The van der Waals surface area contributed by atoms with E-state index in [-0.39, 0.29) is 0 Å². The van der Waals surface area contributed by atoms with E-state index in [1.54, 1.807) is 0 Å². The van der Waals surface area contributed by atoms with Gasteiger partial charge in [-0.15, -0.1) is 0 Å². The first-order valence-corrected chi connectivity index (χ1v) is 3.52. The Morgan fingerprint density at radius 3 is 2.46 bits per heavy atom. The topological polar surface area (TPSA) is 20.2 Å². The van der Waals surface area contributed by atoms with E-state index in [0.29, 0.717) is 11.8 Å². The third-order valence-corrected chi connectivity index (χ3v) is 1.48. The summed E-state index contributed by atoms with van der Waals surface area (Å²) in [5.41, 5.74) is -0.402. The van der Waals surface area contributed by atoms with Crippen molar-refractivity contribution in [3.63, 3.8) is 0 Å². The molecule has 0 aliphatic carbocycles. The fraction of sp³-hybridized carbons (Fsp3) is 0.111. The van der Waals surface area contributed by atoms with E-state index >= 15 is 0 Å². The minimum atomic E-state index is -4.33. The Morgan fingerprint density at radius 1 is 1.23 bits per heavy atom. The summed E-state index contributed by atoms with van der Waals surface area (Å²) in [6.45, 7) is 0. The minimum absolute atomic E-state index is 0.317. The molecule has 0 saturated carbocycles. The summed E-state index contributed by atoms with van der Waals surface area (Å²) in [6.07, 6.45) is -2.44. The second kappa shape index (κ2) is 3.51. The van der Waals surface area contributed by atoms with Crippen LogP contribution in [0, 0.1) is 0 Å². The van der Waals surface area contributed by atoms with Crippen LogP contribution in [0.4, 0.5) is 13.2 Å². The molecular formula is C9H7F3O. The summed E-state index contributed by atoms with van der Waals surface area (Å²) in [5.74, 6) is 0. The summed E-state index contributed by atoms with van der Waals surface area (Å²) >= 11 is 0. The van der Waals surface area contributed by atoms with Gasteiger partial charge in [-0.2, -0.15) is 13.2 Å². The van der Waals surface area contributed by atoms with E-state index in [9.17, 15) is 13.2 Å². The number of halogens is 3. The summed E-state index contributed by atoms with van der Waals surface area (Å²) in [6, 6.07) is 4.71. The Balaban J connectivity index is 3.05. The summed E-state index contributed by atoms with van der Waals surface area (Å²) in [7, 11) is 0. The van der Waals surface area contributed by atoms with E-state index in [1.165, 1.54) is 18.2 Å². The van der Waals surface area contributed by atoms with Crippen LogP contribution in [-0.2, 0) is 6.18 Å². The fourth-order valence-electron chi connectivity index (χ4n) is 0.905. The maximum atomic E-state index is 12.1. The first-order valence-electron chi connectivity index (χ1n) is 3.52. The normalized spacial score (nSPS) is 12.2. The number of hydrogen-bond donors (Lipinski definition) is 1. The minimum Gasteiger partial charge on any atom is -0.516 e. The first kappa shape index (κ1) is 9.64. The predicted octanol–water partition coefficient (Wildman–Crippen LogP) is 3.23. The fourth-order valence-corrected chi connectivity index (χ4v) is 0.905. The zero-order valence-electron chi connectivity index (χ0n) is 6.55. The molecule has 1 aromatic rings. The molecule has 1 rings (SSSR count). The molecule has 0 saturated heterocycles. The molecule has 0 atom stereocenters. The lowest BCUT2D eigenvalue weighted by atomic mass is 10.1. The Kier molecular flexibility index (Phi) is 2.60. The van der Waals surface area contributed by atoms with Gasteiger partial charge in [-0.1, -0.05) is 12.1 Å². The molecule has 13 heavy (non-hydrogen) atoms. The number of aliphatic hydroxyl groups is 1. The van der Waals surface area contributed by atoms with Gasteiger partial charge in [-0.05, 0) is 23.8 Å². The Bertz CT molecular complexity index is 315. The van der Waals surface area contributed by atoms with E-state index in [0.717, 1.165) is 12.1 Å². The molecule has 0 unspecified atom stereocenters. The SMILES string of the molecule is OC=Cc1cccc(C(F)(F)F)c1. The van der Waals surface area contributed by atoms with E-state index < -0.39 is 11.7 Å². The molecule has 0 spiro atoms. The molecular weight excluding hydrogens is 181 g/mol. The van der Waals surface area contributed by atoms with Crippen molar-refractivity contribution in [1.82, 2.24) is 0 Å². The lowest BCUT2D eigenvalue weighted by molar-refractivity contribution is -0.137. The molecule has 0 aliphatic heterocycles. The molecule has 70 valence electrons. The number of benzene rings is 1. The highest BCUT2D eigenvalue weighted by molar-refractivity contribution is 5.49. The Hall–Kier alpha value is -1.45. The molecule has 0 fully saturated rings. The van der Waals surface area contributed by atoms with Gasteiger partial charge >= 0.3 is 6.18 Å². The molecule has 4 heteroatoms. The van der Waals surface area contributed by atoms with Crippen molar-refractivity contribution in [3.8, 4) is 0 Å². The number of aliphatic hydroxyl groups excluding tert-OH is 1. The van der Waals surface area contributed by atoms with E-state index in [2.05, 4.69) is 0 Å². The maximum absolute atomic E-state index is 12.1. The van der Waals surface area contributed by atoms with E-state index in [4.69, 9.17) is 5.11 Å². The molecule has 0 bridgehead atoms. The molecule has 0 radical (unpaired) electrons. The van der Waals surface area contributed by atoms with Crippen molar-refractivity contribution in [1.29, 1.82) is 0 Å². The zero-order chi connectivity index (χ0) is 9.90. The average molecular weight is 188 g/mol. The number of hydrogen-bond acceptors (Lipinski definition) is 1. The lowest BCUT2D eigenvalue weighted by Gasteiger charge is -2.06. The van der Waals surface area contributed by atoms with Gasteiger partial charge in [0.1, 0.15) is 0 Å². The van der Waals surface area contributed by atoms with Crippen molar-refractivity contribution in [3.05, 3.63) is 41.7 Å². The van der Waals surface area contributed by atoms with Crippen LogP contribution < -0.4 is 0 Å². The molecule has 0 amide bonds. The van der Waals surface area contributed by atoms with Gasteiger partial charge < -0.3 is 5.11 Å². The highest BCUT2D eigenvalue weighted by Gasteiger charge is 2.30. The standard InChI is InChI=1S/C9H7F3O/c10-9(11,12)8-3-1-2-7(6-8)4-5-13/h1-6,13H. The van der Waals surface area contributed by atoms with Crippen molar-refractivity contribution in [2.75, 3.05) is 0 Å². The van der Waals surface area contributed by atoms with Gasteiger partial charge in [0.2, 0.25) is 0 Å². The van der Waals surface area contributed by atoms with Gasteiger partial charge in [0.15, 0.2) is 0 Å². The molecule has 0 heterocycles. The zero-order valence-corrected chi connectivity index (χ0v) is 6.55. The molecule has 1 N–H and O–H groups in total. The third-order valence-electron chi connectivity index (χ3n) is 1.48. The van der Waals surface area contributed by atoms with Crippen molar-refractivity contribution < 1.29 is 18.3 Å². The lowest BCUT2D eigenvalue weighted by Crippen LogP contribution is -2.04. The highest BCUT2D eigenvalue weighted by Crippen LogP contribution is 2.29. The Morgan fingerprint density at radius 2 is 1.92 bits per heavy atom. The molecule has 1 aromatic carbocycles. The van der Waals surface area contributed by atoms with Gasteiger partial charge in [-0.25, -0.2) is 0 Å². The highest BCUT2D eigenvalue weighted by atomic mass is 19.4. The van der Waals surface area contributed by atoms with Crippen molar-refractivity contribution in [2.45, 2.75) is 6.18 Å². The summed E-state index contributed by atoms with van der Waals surface area (Å²) in [5, 5.41) is 8.35. The van der Waals surface area contributed by atoms with Gasteiger partial charge in [0.05, 0.1) is 11.8 Å². The summed E-state index contributed by atoms with van der Waals surface area (Å²) < 4.78 is 36.4. The first-order chi connectivity index (χ1) is 6.04. The van der Waals surface area contributed by atoms with E-state index in [1.807, 2.05) is 0 Å². The number of rotatable bonds is 1. The average Bonchev–Trinajstić information content (AvgIpc) is 2.04. The van der Waals surface area contributed by atoms with Crippen LogP contribution >= 0.6 is 0 Å². The van der Waals surface area contributed by atoms with Crippen LogP contribution in [0.15, 0.2) is 30.5 Å². The summed E-state index contributed by atoms with van der Waals surface area (Å²) in [4.78, 5) is 0. The van der Waals surface area contributed by atoms with Crippen LogP contribution in [0.3, 0.4) is 0 Å². The maximum Gasteiger partial charge on any atom is 0.416 e. The second-order valence-corrected chi connectivity index (χ2v) is 2.44. The third kappa shape index (κ3) is 2.50. The molecule has 1 nitrogen and oxygen atoms in total. The smallest absolute Gasteiger partial charge is 0.416 e. The van der Waals surface area contributed by atoms with Crippen molar-refractivity contribution in [2.24, 2.45) is 0 Å². The van der Waals surface area contributed by atoms with Gasteiger partial charge in [-0.3, -0.25) is 0 Å². The van der Waals surface area contributed by atoms with Crippen LogP contribution in [0.25, 0.3) is 6.08 Å². The molecule has 0 aromatic heterocycles. The predicted molar refractivity (Wildman–Crippen MR) is 43.1 cm³/mol. The van der Waals surface area contributed by atoms with Crippen LogP contribution in [0.2, 0.25) is 0 Å². The second-order valence-electron chi connectivity index (χ2n) is 2.44. The Labute approximate surface area is 73.1 Å². The van der Waals surface area contributed by atoms with Gasteiger partial charge in [0.25, 0.3) is 0 Å². The molecule has 0 aliphatic rings. The van der Waals surface area contributed by atoms with Crippen molar-refractivity contribution >= 4 is 6.08 Å². The monoisotopic (exact) mass is 188 g/mol. The number of alkyl halides is 3.